The van der Waals surface area contributed by atoms with Gasteiger partial charge in [-0.2, -0.15) is 0 Å². The van der Waals surface area contributed by atoms with Crippen molar-refractivity contribution in [3.05, 3.63) is 91.2 Å². The van der Waals surface area contributed by atoms with Crippen LogP contribution in [0.15, 0.2) is 69.7 Å². The molecule has 1 atom stereocenters. The molecule has 27 heavy (non-hydrogen) atoms. The quantitative estimate of drug-likeness (QED) is 0.603. The summed E-state index contributed by atoms with van der Waals surface area (Å²) >= 11 is 0. The van der Waals surface area contributed by atoms with Crippen molar-refractivity contribution in [1.29, 1.82) is 0 Å². The van der Waals surface area contributed by atoms with E-state index < -0.39 is 0 Å². The number of methoxy groups -OCH3 is 1. The van der Waals surface area contributed by atoms with Gasteiger partial charge in [-0.15, -0.1) is 0 Å². The van der Waals surface area contributed by atoms with Crippen LogP contribution in [0, 0.1) is 4.77 Å². The van der Waals surface area contributed by atoms with Crippen LogP contribution in [0.4, 0.5) is 0 Å². The third-order valence-corrected chi connectivity index (χ3v) is 6.19. The van der Waals surface area contributed by atoms with Crippen molar-refractivity contribution in [2.24, 2.45) is 5.73 Å². The van der Waals surface area contributed by atoms with Crippen molar-refractivity contribution in [3.63, 3.8) is 0 Å². The van der Waals surface area contributed by atoms with E-state index in [0.717, 1.165) is 22.3 Å². The summed E-state index contributed by atoms with van der Waals surface area (Å²) in [5, 5.41) is 4.92. The zero-order valence-corrected chi connectivity index (χ0v) is 15.8. The van der Waals surface area contributed by atoms with Gasteiger partial charge in [0.1, 0.15) is 10.5 Å². The van der Waals surface area contributed by atoms with E-state index in [9.17, 15) is 4.79 Å². The molecule has 1 aliphatic rings. The predicted octanol–water partition coefficient (Wildman–Crippen LogP) is 3.78. The standard InChI is InChI=1S/C21H21N3O2S/c1-26-17-5-6-19-18(11-17)20(25)24-21(23-19)27-8-7-16(13-27)10-14-3-2-4-15(9-14)12-22/h2-9,11,13,23H,10,12,22H2,1H3,(H,24,25). The SMILES string of the molecule is COc1ccc2[nH]c(=S3C=CC(Cc4cccc(CN)c4)=C3)[nH]c(=O)c2c1. The largest absolute Gasteiger partial charge is 0.497 e. The third kappa shape index (κ3) is 3.67. The van der Waals surface area contributed by atoms with Crippen molar-refractivity contribution in [2.45, 2.75) is 13.0 Å². The van der Waals surface area contributed by atoms with Crippen molar-refractivity contribution in [2.75, 3.05) is 7.11 Å². The molecule has 0 fully saturated rings. The number of aromatic amines is 2. The Morgan fingerprint density at radius 1 is 1.11 bits per heavy atom. The summed E-state index contributed by atoms with van der Waals surface area (Å²) in [5.74, 6) is 0.666. The van der Waals surface area contributed by atoms with Crippen LogP contribution in [0.1, 0.15) is 11.1 Å². The van der Waals surface area contributed by atoms with E-state index >= 15 is 0 Å². The molecule has 3 aromatic rings. The van der Waals surface area contributed by atoms with E-state index in [1.165, 1.54) is 11.1 Å². The zero-order valence-electron chi connectivity index (χ0n) is 15.0. The summed E-state index contributed by atoms with van der Waals surface area (Å²) in [6, 6.07) is 13.8. The second-order valence-corrected chi connectivity index (χ2v) is 8.05. The lowest BCUT2D eigenvalue weighted by Crippen LogP contribution is -2.08. The summed E-state index contributed by atoms with van der Waals surface area (Å²) in [4.78, 5) is 18.8. The Balaban J connectivity index is 1.71. The highest BCUT2D eigenvalue weighted by molar-refractivity contribution is 8.14. The van der Waals surface area contributed by atoms with Crippen LogP contribution in [-0.4, -0.2) is 17.1 Å². The van der Waals surface area contributed by atoms with Gasteiger partial charge >= 0.3 is 0 Å². The van der Waals surface area contributed by atoms with Crippen molar-refractivity contribution in [1.82, 2.24) is 9.97 Å². The average molecular weight is 379 g/mol. The highest BCUT2D eigenvalue weighted by atomic mass is 32.2. The van der Waals surface area contributed by atoms with E-state index in [2.05, 4.69) is 39.0 Å². The van der Waals surface area contributed by atoms with Crippen LogP contribution in [0.5, 0.6) is 5.75 Å². The summed E-state index contributed by atoms with van der Waals surface area (Å²) in [5.41, 5.74) is 10.0. The number of H-pyrrole nitrogens is 2. The van der Waals surface area contributed by atoms with Gasteiger partial charge in [0.15, 0.2) is 0 Å². The molecule has 0 saturated carbocycles. The fourth-order valence-electron chi connectivity index (χ4n) is 3.12. The van der Waals surface area contributed by atoms with Gasteiger partial charge in [0.05, 0.1) is 18.0 Å². The minimum Gasteiger partial charge on any atom is -0.497 e. The van der Waals surface area contributed by atoms with E-state index in [4.69, 9.17) is 10.5 Å². The Kier molecular flexibility index (Phi) is 4.83. The molecule has 0 bridgehead atoms. The number of hydrogen-bond acceptors (Lipinski definition) is 3. The van der Waals surface area contributed by atoms with Crippen LogP contribution in [-0.2, 0) is 13.0 Å². The number of aromatic nitrogens is 2. The van der Waals surface area contributed by atoms with E-state index in [-0.39, 0.29) is 16.0 Å². The molecular formula is C21H21N3O2S. The number of fused-ring (bicyclic) bond motifs is 1. The normalized spacial score (nSPS) is 16.6. The molecule has 1 aliphatic heterocycles. The molecule has 0 radical (unpaired) electrons. The lowest BCUT2D eigenvalue weighted by Gasteiger charge is -2.04. The Hall–Kier alpha value is -2.83. The van der Waals surface area contributed by atoms with Crippen molar-refractivity contribution < 1.29 is 4.74 Å². The van der Waals surface area contributed by atoms with Gasteiger partial charge in [0, 0.05) is 6.54 Å². The molecule has 0 amide bonds. The number of ether oxygens (including phenoxy) is 1. The monoisotopic (exact) mass is 379 g/mol. The highest BCUT2D eigenvalue weighted by Gasteiger charge is 2.07. The van der Waals surface area contributed by atoms with E-state index in [1.54, 1.807) is 13.2 Å². The number of nitrogens with one attached hydrogen (secondary N) is 2. The molecule has 6 heteroatoms. The fraction of sp³-hybridized carbons (Fsp3) is 0.143. The van der Waals surface area contributed by atoms with Crippen LogP contribution in [0.25, 0.3) is 10.9 Å². The zero-order chi connectivity index (χ0) is 18.8. The smallest absolute Gasteiger partial charge is 0.259 e. The molecule has 4 rings (SSSR count). The maximum Gasteiger partial charge on any atom is 0.259 e. The molecular weight excluding hydrogens is 358 g/mol. The number of nitrogens with two attached hydrogens (primary N) is 1. The van der Waals surface area contributed by atoms with Crippen molar-refractivity contribution in [3.8, 4) is 5.75 Å². The molecule has 1 aromatic heterocycles. The van der Waals surface area contributed by atoms with E-state index in [1.807, 2.05) is 24.3 Å². The number of benzene rings is 2. The number of rotatable bonds is 4. The highest BCUT2D eigenvalue weighted by Crippen LogP contribution is 2.31. The first kappa shape index (κ1) is 17.6. The molecule has 1 unspecified atom stereocenters. The number of allylic oxidation sites excluding steroid dienone is 2. The van der Waals surface area contributed by atoms with Gasteiger partial charge in [-0.1, -0.05) is 40.8 Å². The first-order chi connectivity index (χ1) is 13.2. The Labute approximate surface area is 159 Å². The Morgan fingerprint density at radius 3 is 2.78 bits per heavy atom. The minimum absolute atomic E-state index is 0.115. The second-order valence-electron chi connectivity index (χ2n) is 6.39. The molecule has 0 saturated heterocycles. The first-order valence-corrected chi connectivity index (χ1v) is 10.0. The van der Waals surface area contributed by atoms with Gasteiger partial charge in [0.25, 0.3) is 5.56 Å². The predicted molar refractivity (Wildman–Crippen MR) is 112 cm³/mol. The molecule has 0 aliphatic carbocycles. The van der Waals surface area contributed by atoms with Gasteiger partial charge in [-0.05, 0) is 52.1 Å². The lowest BCUT2D eigenvalue weighted by atomic mass is 10.0. The first-order valence-electron chi connectivity index (χ1n) is 8.68. The summed E-state index contributed by atoms with van der Waals surface area (Å²) in [6.45, 7) is 0.547. The van der Waals surface area contributed by atoms with Gasteiger partial charge in [-0.25, -0.2) is 0 Å². The Bertz CT molecular complexity index is 1200. The average Bonchev–Trinajstić information content (AvgIpc) is 3.16. The van der Waals surface area contributed by atoms with Crippen LogP contribution < -0.4 is 16.0 Å². The van der Waals surface area contributed by atoms with Gasteiger partial charge < -0.3 is 20.4 Å². The van der Waals surface area contributed by atoms with Gasteiger partial charge in [-0.3, -0.25) is 4.79 Å². The van der Waals surface area contributed by atoms with E-state index in [0.29, 0.717) is 17.7 Å². The summed E-state index contributed by atoms with van der Waals surface area (Å²) in [7, 11) is 1.31. The third-order valence-electron chi connectivity index (χ3n) is 4.52. The Morgan fingerprint density at radius 2 is 1.96 bits per heavy atom. The maximum atomic E-state index is 12.5. The second kappa shape index (κ2) is 7.42. The van der Waals surface area contributed by atoms with Crippen LogP contribution >= 0.6 is 10.5 Å². The maximum absolute atomic E-state index is 12.5. The van der Waals surface area contributed by atoms with Crippen molar-refractivity contribution >= 4 is 21.4 Å². The summed E-state index contributed by atoms with van der Waals surface area (Å²) < 4.78 is 6.01. The van der Waals surface area contributed by atoms with Crippen LogP contribution in [0.3, 0.4) is 0 Å². The topological polar surface area (TPSA) is 83.9 Å². The fourth-order valence-corrected chi connectivity index (χ4v) is 4.70. The summed E-state index contributed by atoms with van der Waals surface area (Å²) in [6.07, 6.45) is 2.98. The number of hydrogen-bond donors (Lipinski definition) is 3. The molecule has 4 N–H and O–H groups in total. The molecule has 138 valence electrons. The molecule has 0 spiro atoms. The molecule has 2 aromatic carbocycles. The minimum atomic E-state index is -0.285. The van der Waals surface area contributed by atoms with Gasteiger partial charge in [0.2, 0.25) is 0 Å². The molecule has 5 nitrogen and oxygen atoms in total. The van der Waals surface area contributed by atoms with Crippen LogP contribution in [0.2, 0.25) is 0 Å². The lowest BCUT2D eigenvalue weighted by molar-refractivity contribution is 0.415. The molecule has 2 heterocycles.